The molecule has 2 heterocycles. The molecule has 2 aromatic rings. The zero-order chi connectivity index (χ0) is 15.1. The number of nitrogens with zero attached hydrogens (tertiary/aromatic N) is 1. The number of hydrogen-bond acceptors (Lipinski definition) is 2. The SMILES string of the molecule is O=C(O)Cc1[nH]c(=S)n2c1C[C@@H](c1cc(F)cc(F)c1)C2. The number of carboxylic acid groups (broad SMARTS) is 1. The fourth-order valence-electron chi connectivity index (χ4n) is 2.83. The van der Waals surface area contributed by atoms with Crippen molar-refractivity contribution in [3.05, 3.63) is 51.6 Å². The molecule has 0 bridgehead atoms. The molecule has 0 aliphatic carbocycles. The average molecular weight is 310 g/mol. The number of hydrogen-bond donors (Lipinski definition) is 2. The molecule has 1 aromatic carbocycles. The summed E-state index contributed by atoms with van der Waals surface area (Å²) in [6.45, 7) is 0.493. The van der Waals surface area contributed by atoms with Gasteiger partial charge < -0.3 is 14.7 Å². The van der Waals surface area contributed by atoms with E-state index < -0.39 is 17.6 Å². The molecule has 2 N–H and O–H groups in total. The van der Waals surface area contributed by atoms with Crippen molar-refractivity contribution in [1.82, 2.24) is 9.55 Å². The van der Waals surface area contributed by atoms with Gasteiger partial charge in [-0.2, -0.15) is 0 Å². The van der Waals surface area contributed by atoms with Crippen LogP contribution in [0.2, 0.25) is 0 Å². The second-order valence-electron chi connectivity index (χ2n) is 5.14. The highest BCUT2D eigenvalue weighted by Gasteiger charge is 2.28. The van der Waals surface area contributed by atoms with Crippen LogP contribution < -0.4 is 0 Å². The van der Waals surface area contributed by atoms with Gasteiger partial charge in [0.05, 0.1) is 6.42 Å². The van der Waals surface area contributed by atoms with Crippen LogP contribution in [0.4, 0.5) is 8.78 Å². The Kier molecular flexibility index (Phi) is 3.36. The number of carboxylic acids is 1. The molecule has 0 fully saturated rings. The smallest absolute Gasteiger partial charge is 0.309 e. The lowest BCUT2D eigenvalue weighted by Crippen LogP contribution is -2.05. The summed E-state index contributed by atoms with van der Waals surface area (Å²) in [5, 5.41) is 8.90. The van der Waals surface area contributed by atoms with E-state index in [9.17, 15) is 13.6 Å². The Morgan fingerprint density at radius 2 is 2.05 bits per heavy atom. The molecule has 1 aromatic heterocycles. The van der Waals surface area contributed by atoms with Gasteiger partial charge in [-0.1, -0.05) is 0 Å². The fraction of sp³-hybridized carbons (Fsp3) is 0.286. The van der Waals surface area contributed by atoms with E-state index in [0.717, 1.165) is 11.8 Å². The molecule has 110 valence electrons. The van der Waals surface area contributed by atoms with Gasteiger partial charge >= 0.3 is 5.97 Å². The lowest BCUT2D eigenvalue weighted by molar-refractivity contribution is -0.136. The van der Waals surface area contributed by atoms with Crippen LogP contribution in [-0.4, -0.2) is 20.6 Å². The lowest BCUT2D eigenvalue weighted by Gasteiger charge is -2.10. The van der Waals surface area contributed by atoms with Crippen molar-refractivity contribution in [2.24, 2.45) is 0 Å². The van der Waals surface area contributed by atoms with Crippen LogP contribution in [0.5, 0.6) is 0 Å². The van der Waals surface area contributed by atoms with Crippen LogP contribution in [0.1, 0.15) is 22.9 Å². The van der Waals surface area contributed by atoms with E-state index in [1.807, 2.05) is 0 Å². The second kappa shape index (κ2) is 5.07. The largest absolute Gasteiger partial charge is 0.481 e. The summed E-state index contributed by atoms with van der Waals surface area (Å²) in [7, 11) is 0. The van der Waals surface area contributed by atoms with Gasteiger partial charge in [0.15, 0.2) is 4.77 Å². The number of aromatic nitrogens is 2. The van der Waals surface area contributed by atoms with Crippen LogP contribution in [0.15, 0.2) is 18.2 Å². The van der Waals surface area contributed by atoms with E-state index in [4.69, 9.17) is 17.3 Å². The number of carbonyl (C=O) groups is 1. The summed E-state index contributed by atoms with van der Waals surface area (Å²) < 4.78 is 28.9. The van der Waals surface area contributed by atoms with E-state index >= 15 is 0 Å². The number of rotatable bonds is 3. The Bertz CT molecular complexity index is 762. The molecule has 1 aliphatic rings. The maximum Gasteiger partial charge on any atom is 0.309 e. The van der Waals surface area contributed by atoms with E-state index in [-0.39, 0.29) is 12.3 Å². The molecule has 0 spiro atoms. The number of nitrogens with one attached hydrogen (secondary N) is 1. The first-order valence-corrected chi connectivity index (χ1v) is 6.83. The van der Waals surface area contributed by atoms with Crippen molar-refractivity contribution in [2.75, 3.05) is 0 Å². The molecule has 1 aliphatic heterocycles. The number of H-pyrrole nitrogens is 1. The minimum Gasteiger partial charge on any atom is -0.481 e. The third kappa shape index (κ3) is 2.61. The average Bonchev–Trinajstić information content (AvgIpc) is 2.90. The molecule has 4 nitrogen and oxygen atoms in total. The van der Waals surface area contributed by atoms with Gasteiger partial charge in [0, 0.05) is 29.9 Å². The molecule has 0 unspecified atom stereocenters. The van der Waals surface area contributed by atoms with Crippen LogP contribution in [-0.2, 0) is 24.2 Å². The normalized spacial score (nSPS) is 17.0. The predicted molar refractivity (Wildman–Crippen MR) is 73.8 cm³/mol. The molecule has 21 heavy (non-hydrogen) atoms. The van der Waals surface area contributed by atoms with Gasteiger partial charge in [-0.05, 0) is 36.3 Å². The van der Waals surface area contributed by atoms with Gasteiger partial charge in [-0.25, -0.2) is 8.78 Å². The maximum atomic E-state index is 13.3. The van der Waals surface area contributed by atoms with E-state index in [2.05, 4.69) is 4.98 Å². The molecule has 1 atom stereocenters. The van der Waals surface area contributed by atoms with Crippen molar-refractivity contribution in [3.8, 4) is 0 Å². The quantitative estimate of drug-likeness (QED) is 0.857. The summed E-state index contributed by atoms with van der Waals surface area (Å²) >= 11 is 5.17. The zero-order valence-electron chi connectivity index (χ0n) is 10.9. The van der Waals surface area contributed by atoms with Gasteiger partial charge in [0.2, 0.25) is 0 Å². The number of imidazole rings is 1. The number of aromatic amines is 1. The summed E-state index contributed by atoms with van der Waals surface area (Å²) in [6, 6.07) is 3.45. The summed E-state index contributed by atoms with van der Waals surface area (Å²) in [5.41, 5.74) is 1.93. The lowest BCUT2D eigenvalue weighted by atomic mass is 9.96. The number of fused-ring (bicyclic) bond motifs is 1. The Balaban J connectivity index is 1.94. The molecular weight excluding hydrogens is 298 g/mol. The van der Waals surface area contributed by atoms with Crippen molar-refractivity contribution in [3.63, 3.8) is 0 Å². The second-order valence-corrected chi connectivity index (χ2v) is 5.53. The first-order chi connectivity index (χ1) is 9.94. The fourth-order valence-corrected chi connectivity index (χ4v) is 3.14. The first-order valence-electron chi connectivity index (χ1n) is 6.42. The minimum atomic E-state index is -0.949. The summed E-state index contributed by atoms with van der Waals surface area (Å²) in [5.74, 6) is -2.28. The molecule has 0 radical (unpaired) electrons. The number of aliphatic carboxylic acids is 1. The van der Waals surface area contributed by atoms with Gasteiger partial charge in [0.25, 0.3) is 0 Å². The molecule has 3 rings (SSSR count). The molecule has 0 amide bonds. The Morgan fingerprint density at radius 3 is 2.67 bits per heavy atom. The van der Waals surface area contributed by atoms with Gasteiger partial charge in [-0.15, -0.1) is 0 Å². The third-order valence-electron chi connectivity index (χ3n) is 3.70. The highest BCUT2D eigenvalue weighted by atomic mass is 32.1. The number of benzene rings is 1. The van der Waals surface area contributed by atoms with Crippen LogP contribution in [0.25, 0.3) is 0 Å². The van der Waals surface area contributed by atoms with Crippen molar-refractivity contribution >= 4 is 18.2 Å². The van der Waals surface area contributed by atoms with Crippen LogP contribution in [0, 0.1) is 16.4 Å². The molecule has 7 heteroatoms. The Hall–Kier alpha value is -2.02. The molecular formula is C14H12F2N2O2S. The predicted octanol–water partition coefficient (Wildman–Crippen LogP) is 2.79. The Morgan fingerprint density at radius 1 is 1.38 bits per heavy atom. The highest BCUT2D eigenvalue weighted by molar-refractivity contribution is 7.71. The van der Waals surface area contributed by atoms with Gasteiger partial charge in [-0.3, -0.25) is 4.79 Å². The van der Waals surface area contributed by atoms with E-state index in [1.54, 1.807) is 4.57 Å². The maximum absolute atomic E-state index is 13.3. The topological polar surface area (TPSA) is 58.0 Å². The first kappa shape index (κ1) is 13.9. The highest BCUT2D eigenvalue weighted by Crippen LogP contribution is 2.32. The van der Waals surface area contributed by atoms with Crippen molar-refractivity contribution < 1.29 is 18.7 Å². The zero-order valence-corrected chi connectivity index (χ0v) is 11.7. The van der Waals surface area contributed by atoms with Crippen LogP contribution in [0.3, 0.4) is 0 Å². The van der Waals surface area contributed by atoms with Gasteiger partial charge in [0.1, 0.15) is 11.6 Å². The molecule has 0 saturated carbocycles. The molecule has 0 saturated heterocycles. The third-order valence-corrected chi connectivity index (χ3v) is 4.03. The van der Waals surface area contributed by atoms with E-state index in [0.29, 0.717) is 29.0 Å². The summed E-state index contributed by atoms with van der Waals surface area (Å²) in [6.07, 6.45) is 0.370. The van der Waals surface area contributed by atoms with E-state index in [1.165, 1.54) is 12.1 Å². The minimum absolute atomic E-state index is 0.103. The van der Waals surface area contributed by atoms with Crippen molar-refractivity contribution in [2.45, 2.75) is 25.3 Å². The summed E-state index contributed by atoms with van der Waals surface area (Å²) in [4.78, 5) is 13.7. The van der Waals surface area contributed by atoms with Crippen LogP contribution >= 0.6 is 12.2 Å². The monoisotopic (exact) mass is 310 g/mol. The standard InChI is InChI=1S/C14H12F2N2O2S/c15-9-1-7(2-10(16)4-9)8-3-12-11(5-13(19)20)17-14(21)18(12)6-8/h1-2,4,8H,3,5-6H2,(H,17,21)(H,19,20)/t8-/m1/s1. The Labute approximate surface area is 124 Å². The van der Waals surface area contributed by atoms with Crippen molar-refractivity contribution in [1.29, 1.82) is 0 Å². The number of halogens is 2.